The van der Waals surface area contributed by atoms with Gasteiger partial charge in [-0.3, -0.25) is 20.2 Å². The number of nitro groups is 1. The van der Waals surface area contributed by atoms with Gasteiger partial charge in [-0.15, -0.1) is 0 Å². The van der Waals surface area contributed by atoms with E-state index in [1.165, 1.54) is 19.1 Å². The number of amides is 1. The molecule has 0 saturated heterocycles. The summed E-state index contributed by atoms with van der Waals surface area (Å²) in [6.45, 7) is 1.37. The number of hydrogen-bond acceptors (Lipinski definition) is 6. The molecule has 0 aliphatic heterocycles. The molecular formula is C23H17N3O5. The molecule has 4 aromatic rings. The van der Waals surface area contributed by atoms with E-state index in [0.717, 1.165) is 11.6 Å². The van der Waals surface area contributed by atoms with Crippen LogP contribution in [0.1, 0.15) is 6.92 Å². The average molecular weight is 415 g/mol. The van der Waals surface area contributed by atoms with Crippen LogP contribution in [0.3, 0.4) is 0 Å². The Kier molecular flexibility index (Phi) is 5.19. The molecule has 8 heteroatoms. The van der Waals surface area contributed by atoms with Gasteiger partial charge in [0.15, 0.2) is 0 Å². The second-order valence-corrected chi connectivity index (χ2v) is 6.75. The fourth-order valence-corrected chi connectivity index (χ4v) is 3.24. The highest BCUT2D eigenvalue weighted by Crippen LogP contribution is 2.40. The van der Waals surface area contributed by atoms with E-state index >= 15 is 0 Å². The normalized spacial score (nSPS) is 10.6. The summed E-state index contributed by atoms with van der Waals surface area (Å²) in [5, 5.41) is 24.1. The molecule has 0 fully saturated rings. The van der Waals surface area contributed by atoms with E-state index in [1.807, 2.05) is 30.3 Å². The molecule has 0 aliphatic carbocycles. The highest BCUT2D eigenvalue weighted by Gasteiger charge is 2.21. The number of hydrogen-bond donors (Lipinski definition) is 2. The Labute approximate surface area is 177 Å². The predicted molar refractivity (Wildman–Crippen MR) is 115 cm³/mol. The summed E-state index contributed by atoms with van der Waals surface area (Å²) in [5.41, 5.74) is 2.53. The number of oxazole rings is 1. The van der Waals surface area contributed by atoms with Crippen molar-refractivity contribution in [3.8, 4) is 39.6 Å². The van der Waals surface area contributed by atoms with Gasteiger partial charge in [0.25, 0.3) is 5.69 Å². The average Bonchev–Trinajstić information content (AvgIpc) is 3.17. The maximum atomic E-state index is 11.7. The minimum Gasteiger partial charge on any atom is -0.507 e. The summed E-state index contributed by atoms with van der Waals surface area (Å²) in [4.78, 5) is 26.7. The Morgan fingerprint density at radius 3 is 2.32 bits per heavy atom. The van der Waals surface area contributed by atoms with Gasteiger partial charge in [-0.2, -0.15) is 0 Å². The van der Waals surface area contributed by atoms with Crippen molar-refractivity contribution >= 4 is 17.5 Å². The monoisotopic (exact) mass is 415 g/mol. The molecule has 2 N–H and O–H groups in total. The fourth-order valence-electron chi connectivity index (χ4n) is 3.24. The molecule has 0 spiro atoms. The number of anilines is 1. The van der Waals surface area contributed by atoms with E-state index < -0.39 is 4.92 Å². The number of nitrogens with zero attached hydrogens (tertiary/aromatic N) is 2. The largest absolute Gasteiger partial charge is 0.507 e. The van der Waals surface area contributed by atoms with Gasteiger partial charge in [0, 0.05) is 29.7 Å². The smallest absolute Gasteiger partial charge is 0.273 e. The van der Waals surface area contributed by atoms with Crippen molar-refractivity contribution in [1.82, 2.24) is 4.98 Å². The molecule has 8 nitrogen and oxygen atoms in total. The van der Waals surface area contributed by atoms with Gasteiger partial charge >= 0.3 is 0 Å². The molecule has 0 aliphatic rings. The number of nitrogens with one attached hydrogen (secondary N) is 1. The summed E-state index contributed by atoms with van der Waals surface area (Å²) < 4.78 is 5.90. The number of non-ortho nitro benzene ring substituents is 1. The third-order valence-electron chi connectivity index (χ3n) is 4.60. The van der Waals surface area contributed by atoms with Crippen molar-refractivity contribution in [1.29, 1.82) is 0 Å². The summed E-state index contributed by atoms with van der Waals surface area (Å²) in [6, 6.07) is 20.2. The van der Waals surface area contributed by atoms with E-state index in [4.69, 9.17) is 4.42 Å². The highest BCUT2D eigenvalue weighted by atomic mass is 16.6. The van der Waals surface area contributed by atoms with Crippen LogP contribution in [0.25, 0.3) is 33.8 Å². The molecular weight excluding hydrogens is 398 g/mol. The Morgan fingerprint density at radius 2 is 1.68 bits per heavy atom. The lowest BCUT2D eigenvalue weighted by Gasteiger charge is -2.08. The highest BCUT2D eigenvalue weighted by molar-refractivity contribution is 5.92. The molecule has 0 saturated carbocycles. The molecule has 154 valence electrons. The minimum atomic E-state index is -0.574. The van der Waals surface area contributed by atoms with E-state index in [-0.39, 0.29) is 29.1 Å². The van der Waals surface area contributed by atoms with Gasteiger partial charge in [-0.25, -0.2) is 4.98 Å². The van der Waals surface area contributed by atoms with E-state index in [2.05, 4.69) is 10.3 Å². The van der Waals surface area contributed by atoms with E-state index in [0.29, 0.717) is 22.4 Å². The zero-order valence-electron chi connectivity index (χ0n) is 16.4. The number of phenolic OH excluding ortho intramolecular Hbond substituents is 1. The molecule has 1 heterocycles. The van der Waals surface area contributed by atoms with Crippen LogP contribution in [-0.2, 0) is 4.79 Å². The van der Waals surface area contributed by atoms with Gasteiger partial charge in [0.2, 0.25) is 17.7 Å². The third kappa shape index (κ3) is 3.99. The van der Waals surface area contributed by atoms with Crippen LogP contribution in [0.2, 0.25) is 0 Å². The van der Waals surface area contributed by atoms with Gasteiger partial charge in [-0.05, 0) is 17.7 Å². The molecule has 0 bridgehead atoms. The van der Waals surface area contributed by atoms with Crippen LogP contribution in [0.5, 0.6) is 5.75 Å². The summed E-state index contributed by atoms with van der Waals surface area (Å²) in [6.07, 6.45) is 0. The number of phenols is 1. The molecule has 0 unspecified atom stereocenters. The maximum absolute atomic E-state index is 11.7. The second kappa shape index (κ2) is 8.11. The molecule has 1 aromatic heterocycles. The van der Waals surface area contributed by atoms with Crippen molar-refractivity contribution in [3.05, 3.63) is 82.9 Å². The lowest BCUT2D eigenvalue weighted by atomic mass is 9.98. The Morgan fingerprint density at radius 1 is 1.00 bits per heavy atom. The first-order chi connectivity index (χ1) is 14.9. The van der Waals surface area contributed by atoms with Crippen LogP contribution < -0.4 is 5.32 Å². The number of aromatic hydroxyl groups is 1. The Hall–Kier alpha value is -4.46. The number of benzene rings is 3. The molecule has 3 aromatic carbocycles. The molecule has 31 heavy (non-hydrogen) atoms. The lowest BCUT2D eigenvalue weighted by molar-refractivity contribution is -0.384. The first kappa shape index (κ1) is 19.8. The molecule has 1 amide bonds. The van der Waals surface area contributed by atoms with Gasteiger partial charge in [0.1, 0.15) is 11.4 Å². The van der Waals surface area contributed by atoms with Crippen molar-refractivity contribution in [2.75, 3.05) is 5.32 Å². The third-order valence-corrected chi connectivity index (χ3v) is 4.60. The molecule has 0 radical (unpaired) electrons. The number of carbonyl (C=O) groups excluding carboxylic acids is 1. The summed E-state index contributed by atoms with van der Waals surface area (Å²) in [7, 11) is 0. The van der Waals surface area contributed by atoms with Gasteiger partial charge < -0.3 is 9.52 Å². The van der Waals surface area contributed by atoms with Gasteiger partial charge in [-0.1, -0.05) is 48.5 Å². The van der Waals surface area contributed by atoms with Crippen LogP contribution in [0.15, 0.2) is 77.2 Å². The van der Waals surface area contributed by atoms with Crippen LogP contribution in [0, 0.1) is 10.1 Å². The topological polar surface area (TPSA) is 118 Å². The van der Waals surface area contributed by atoms with Crippen LogP contribution in [-0.4, -0.2) is 20.9 Å². The number of carbonyl (C=O) groups is 1. The maximum Gasteiger partial charge on any atom is 0.273 e. The fraction of sp³-hybridized carbons (Fsp3) is 0.0435. The second-order valence-electron chi connectivity index (χ2n) is 6.75. The zero-order chi connectivity index (χ0) is 22.0. The number of rotatable bonds is 5. The van der Waals surface area contributed by atoms with E-state index in [9.17, 15) is 20.0 Å². The minimum absolute atomic E-state index is 0.205. The van der Waals surface area contributed by atoms with Crippen molar-refractivity contribution in [2.45, 2.75) is 6.92 Å². The Bertz CT molecular complexity index is 1280. The van der Waals surface area contributed by atoms with Crippen LogP contribution >= 0.6 is 0 Å². The van der Waals surface area contributed by atoms with Crippen LogP contribution in [0.4, 0.5) is 11.6 Å². The van der Waals surface area contributed by atoms with E-state index in [1.54, 1.807) is 24.3 Å². The summed E-state index contributed by atoms with van der Waals surface area (Å²) >= 11 is 0. The van der Waals surface area contributed by atoms with Crippen molar-refractivity contribution in [2.24, 2.45) is 0 Å². The van der Waals surface area contributed by atoms with Gasteiger partial charge in [0.05, 0.1) is 11.0 Å². The predicted octanol–water partition coefficient (Wildman–Crippen LogP) is 5.25. The SMILES string of the molecule is CC(=O)Nc1oc(-c2ccccc2-c2ccc([N+](=O)[O-])cc2O)nc1-c1ccccc1. The summed E-state index contributed by atoms with van der Waals surface area (Å²) in [5.74, 6) is -0.105. The number of nitro benzene ring substituents is 1. The molecule has 0 atom stereocenters. The molecule has 4 rings (SSSR count). The van der Waals surface area contributed by atoms with Crippen molar-refractivity contribution < 1.29 is 19.2 Å². The van der Waals surface area contributed by atoms with Crippen molar-refractivity contribution in [3.63, 3.8) is 0 Å². The zero-order valence-corrected chi connectivity index (χ0v) is 16.4. The lowest BCUT2D eigenvalue weighted by Crippen LogP contribution is -2.05. The first-order valence-corrected chi connectivity index (χ1v) is 9.35. The standard InChI is InChI=1S/C23H17N3O5/c1-14(27)24-23-21(15-7-3-2-4-8-15)25-22(31-23)19-10-6-5-9-17(19)18-12-11-16(26(29)30)13-20(18)28/h2-13,28H,1H3,(H,24,27). The first-order valence-electron chi connectivity index (χ1n) is 9.35. The quantitative estimate of drug-likeness (QED) is 0.339. The number of aromatic nitrogens is 1. The Balaban J connectivity index is 1.86.